The third-order valence-corrected chi connectivity index (χ3v) is 6.12. The first kappa shape index (κ1) is 21.0. The van der Waals surface area contributed by atoms with Crippen molar-refractivity contribution in [3.63, 3.8) is 0 Å². The minimum absolute atomic E-state index is 0.556. The molecule has 0 saturated heterocycles. The first-order valence-electron chi connectivity index (χ1n) is 11.6. The van der Waals surface area contributed by atoms with Crippen molar-refractivity contribution in [2.24, 2.45) is 14.1 Å². The van der Waals surface area contributed by atoms with Crippen molar-refractivity contribution < 1.29 is 4.74 Å². The van der Waals surface area contributed by atoms with E-state index >= 15 is 0 Å². The quantitative estimate of drug-likeness (QED) is 0.332. The zero-order chi connectivity index (χ0) is 23.9. The van der Waals surface area contributed by atoms with Crippen molar-refractivity contribution in [3.05, 3.63) is 79.4 Å². The number of benzene rings is 3. The summed E-state index contributed by atoms with van der Waals surface area (Å²) in [6.07, 6.45) is 5.67. The fraction of sp³-hybridized carbons (Fsp3) is 0.143. The molecule has 3 aromatic carbocycles. The van der Waals surface area contributed by atoms with E-state index in [-0.39, 0.29) is 0 Å². The second-order valence-electron chi connectivity index (χ2n) is 8.49. The highest BCUT2D eigenvalue weighted by molar-refractivity contribution is 6.03. The molecule has 0 radical (unpaired) electrons. The molecule has 0 N–H and O–H groups in total. The molecule has 0 bridgehead atoms. The zero-order valence-corrected chi connectivity index (χ0v) is 19.8. The van der Waals surface area contributed by atoms with Gasteiger partial charge in [0.1, 0.15) is 17.8 Å². The molecule has 35 heavy (non-hydrogen) atoms. The summed E-state index contributed by atoms with van der Waals surface area (Å²) in [7, 11) is 3.87. The molecule has 7 nitrogen and oxygen atoms in total. The second-order valence-corrected chi connectivity index (χ2v) is 8.49. The van der Waals surface area contributed by atoms with Gasteiger partial charge >= 0.3 is 0 Å². The molecular formula is C28H24N6O. The number of aromatic nitrogens is 6. The van der Waals surface area contributed by atoms with Crippen LogP contribution in [0.2, 0.25) is 0 Å². The minimum atomic E-state index is 0.556. The Morgan fingerprint density at radius 1 is 0.714 bits per heavy atom. The zero-order valence-electron chi connectivity index (χ0n) is 19.8. The van der Waals surface area contributed by atoms with E-state index in [1.807, 2.05) is 79.2 Å². The number of hydrogen-bond donors (Lipinski definition) is 0. The molecule has 0 aliphatic heterocycles. The molecule has 0 atom stereocenters. The fourth-order valence-corrected chi connectivity index (χ4v) is 4.65. The van der Waals surface area contributed by atoms with Crippen LogP contribution in [0.3, 0.4) is 0 Å². The number of hydrogen-bond acceptors (Lipinski definition) is 5. The van der Waals surface area contributed by atoms with E-state index in [9.17, 15) is 0 Å². The van der Waals surface area contributed by atoms with Crippen molar-refractivity contribution >= 4 is 21.8 Å². The molecule has 3 aromatic heterocycles. The van der Waals surface area contributed by atoms with Gasteiger partial charge in [-0.25, -0.2) is 9.97 Å². The van der Waals surface area contributed by atoms with Crippen LogP contribution in [0.1, 0.15) is 6.92 Å². The first-order chi connectivity index (χ1) is 17.1. The Morgan fingerprint density at radius 2 is 1.54 bits per heavy atom. The molecule has 0 spiro atoms. The molecule has 0 amide bonds. The van der Waals surface area contributed by atoms with E-state index in [4.69, 9.17) is 14.8 Å². The lowest BCUT2D eigenvalue weighted by molar-refractivity contribution is 0.342. The molecule has 7 heteroatoms. The molecule has 0 aliphatic rings. The van der Waals surface area contributed by atoms with Gasteiger partial charge in [-0.1, -0.05) is 42.5 Å². The highest BCUT2D eigenvalue weighted by Crippen LogP contribution is 2.40. The second kappa shape index (κ2) is 8.36. The van der Waals surface area contributed by atoms with Gasteiger partial charge in [0.15, 0.2) is 0 Å². The van der Waals surface area contributed by atoms with Gasteiger partial charge in [-0.15, -0.1) is 0 Å². The fourth-order valence-electron chi connectivity index (χ4n) is 4.65. The van der Waals surface area contributed by atoms with Crippen LogP contribution in [0.25, 0.3) is 55.4 Å². The molecule has 0 unspecified atom stereocenters. The summed E-state index contributed by atoms with van der Waals surface area (Å²) in [5.41, 5.74) is 7.54. The summed E-state index contributed by atoms with van der Waals surface area (Å²) >= 11 is 0. The van der Waals surface area contributed by atoms with Gasteiger partial charge in [0, 0.05) is 60.0 Å². The Hall–Kier alpha value is -4.52. The normalized spacial score (nSPS) is 11.4. The molecule has 0 fully saturated rings. The largest absolute Gasteiger partial charge is 0.493 e. The van der Waals surface area contributed by atoms with E-state index in [2.05, 4.69) is 34.3 Å². The Balaban J connectivity index is 1.64. The SMILES string of the molecule is CCOc1cc2ncnc(-c3cn(C)nc3-c3ccccc3)c2cc1-c1cccc2nn(C)cc12. The van der Waals surface area contributed by atoms with Crippen LogP contribution in [0, 0.1) is 0 Å². The van der Waals surface area contributed by atoms with Crippen molar-refractivity contribution in [2.75, 3.05) is 6.61 Å². The lowest BCUT2D eigenvalue weighted by Gasteiger charge is -2.14. The van der Waals surface area contributed by atoms with Gasteiger partial charge in [-0.2, -0.15) is 10.2 Å². The van der Waals surface area contributed by atoms with Gasteiger partial charge < -0.3 is 4.74 Å². The Labute approximate surface area is 202 Å². The maximum absolute atomic E-state index is 6.09. The molecule has 3 heterocycles. The average molecular weight is 461 g/mol. The summed E-state index contributed by atoms with van der Waals surface area (Å²) in [4.78, 5) is 9.32. The van der Waals surface area contributed by atoms with Crippen molar-refractivity contribution in [1.29, 1.82) is 0 Å². The molecule has 0 aliphatic carbocycles. The lowest BCUT2D eigenvalue weighted by atomic mass is 9.96. The summed E-state index contributed by atoms with van der Waals surface area (Å²) in [6.45, 7) is 2.55. The van der Waals surface area contributed by atoms with Crippen LogP contribution in [0.5, 0.6) is 5.75 Å². The van der Waals surface area contributed by atoms with E-state index in [0.717, 1.165) is 61.2 Å². The van der Waals surface area contributed by atoms with Gasteiger partial charge in [0.05, 0.1) is 23.3 Å². The highest BCUT2D eigenvalue weighted by Gasteiger charge is 2.19. The summed E-state index contributed by atoms with van der Waals surface area (Å²) in [5.74, 6) is 0.787. The standard InChI is InChI=1S/C28H24N6O/c1-4-35-26-14-25-21(13-20(26)19-11-8-12-24-22(19)15-33(2)31-24)28(30-17-29-25)23-16-34(3)32-27(23)18-9-6-5-7-10-18/h5-17H,4H2,1-3H3. The molecule has 6 aromatic rings. The summed E-state index contributed by atoms with van der Waals surface area (Å²) in [6, 6.07) is 20.5. The number of nitrogens with zero attached hydrogens (tertiary/aromatic N) is 6. The highest BCUT2D eigenvalue weighted by atomic mass is 16.5. The Bertz CT molecular complexity index is 1680. The lowest BCUT2D eigenvalue weighted by Crippen LogP contribution is -1.97. The van der Waals surface area contributed by atoms with Crippen LogP contribution >= 0.6 is 0 Å². The molecular weight excluding hydrogens is 436 g/mol. The van der Waals surface area contributed by atoms with E-state index < -0.39 is 0 Å². The molecule has 0 saturated carbocycles. The summed E-state index contributed by atoms with van der Waals surface area (Å²) in [5, 5.41) is 11.4. The van der Waals surface area contributed by atoms with E-state index in [1.165, 1.54) is 0 Å². The Kier molecular flexibility index (Phi) is 5.03. The van der Waals surface area contributed by atoms with Crippen LogP contribution in [0.15, 0.2) is 79.4 Å². The topological polar surface area (TPSA) is 70.7 Å². The monoisotopic (exact) mass is 460 g/mol. The molecule has 6 rings (SSSR count). The van der Waals surface area contributed by atoms with E-state index in [1.54, 1.807) is 6.33 Å². The smallest absolute Gasteiger partial charge is 0.129 e. The van der Waals surface area contributed by atoms with Crippen molar-refractivity contribution in [2.45, 2.75) is 6.92 Å². The van der Waals surface area contributed by atoms with Crippen LogP contribution in [-0.4, -0.2) is 36.1 Å². The third-order valence-electron chi connectivity index (χ3n) is 6.12. The van der Waals surface area contributed by atoms with Crippen molar-refractivity contribution in [1.82, 2.24) is 29.5 Å². The van der Waals surface area contributed by atoms with Crippen LogP contribution in [-0.2, 0) is 14.1 Å². The van der Waals surface area contributed by atoms with Gasteiger partial charge in [-0.05, 0) is 24.6 Å². The predicted molar refractivity (Wildman–Crippen MR) is 138 cm³/mol. The van der Waals surface area contributed by atoms with Gasteiger partial charge in [0.2, 0.25) is 0 Å². The minimum Gasteiger partial charge on any atom is -0.493 e. The van der Waals surface area contributed by atoms with Crippen molar-refractivity contribution in [3.8, 4) is 39.4 Å². The van der Waals surface area contributed by atoms with Crippen LogP contribution in [0.4, 0.5) is 0 Å². The Morgan fingerprint density at radius 3 is 2.37 bits per heavy atom. The van der Waals surface area contributed by atoms with E-state index in [0.29, 0.717) is 6.61 Å². The first-order valence-corrected chi connectivity index (χ1v) is 11.6. The number of ether oxygens (including phenoxy) is 1. The predicted octanol–water partition coefficient (Wildman–Crippen LogP) is 5.65. The summed E-state index contributed by atoms with van der Waals surface area (Å²) < 4.78 is 9.76. The third kappa shape index (κ3) is 3.61. The number of rotatable bonds is 5. The van der Waals surface area contributed by atoms with Gasteiger partial charge in [-0.3, -0.25) is 9.36 Å². The maximum atomic E-state index is 6.09. The maximum Gasteiger partial charge on any atom is 0.129 e. The average Bonchev–Trinajstić information content (AvgIpc) is 3.45. The molecule has 172 valence electrons. The number of fused-ring (bicyclic) bond motifs is 2. The number of aryl methyl sites for hydroxylation is 2. The van der Waals surface area contributed by atoms with Gasteiger partial charge in [0.25, 0.3) is 0 Å². The van der Waals surface area contributed by atoms with Crippen LogP contribution < -0.4 is 4.74 Å².